The van der Waals surface area contributed by atoms with Crippen molar-refractivity contribution in [1.29, 1.82) is 0 Å². The van der Waals surface area contributed by atoms with Gasteiger partial charge in [-0.1, -0.05) is 12.1 Å². The molecule has 28 heavy (non-hydrogen) atoms. The topological polar surface area (TPSA) is 125 Å². The second kappa shape index (κ2) is 8.62. The SMILES string of the molecule is CC(NC(=O)O)C(C)C(=O)N1CCC(CNC(=O)c2cc(C3CC3)on2)CC1. The first-order valence-corrected chi connectivity index (χ1v) is 9.88. The van der Waals surface area contributed by atoms with Crippen molar-refractivity contribution in [3.63, 3.8) is 0 Å². The van der Waals surface area contributed by atoms with Crippen LogP contribution in [0, 0.1) is 11.8 Å². The summed E-state index contributed by atoms with van der Waals surface area (Å²) in [4.78, 5) is 37.3. The Balaban J connectivity index is 1.40. The fourth-order valence-corrected chi connectivity index (χ4v) is 3.46. The highest BCUT2D eigenvalue weighted by Gasteiger charge is 2.31. The van der Waals surface area contributed by atoms with E-state index in [0.717, 1.165) is 31.4 Å². The summed E-state index contributed by atoms with van der Waals surface area (Å²) >= 11 is 0. The molecule has 2 heterocycles. The summed E-state index contributed by atoms with van der Waals surface area (Å²) in [6.45, 7) is 5.19. The molecule has 9 nitrogen and oxygen atoms in total. The minimum absolute atomic E-state index is 0.0426. The van der Waals surface area contributed by atoms with Crippen LogP contribution in [-0.4, -0.2) is 58.7 Å². The Morgan fingerprint density at radius 3 is 2.54 bits per heavy atom. The summed E-state index contributed by atoms with van der Waals surface area (Å²) < 4.78 is 5.21. The fraction of sp³-hybridized carbons (Fsp3) is 0.684. The van der Waals surface area contributed by atoms with E-state index in [1.807, 2.05) is 0 Å². The van der Waals surface area contributed by atoms with Crippen molar-refractivity contribution in [3.05, 3.63) is 17.5 Å². The minimum Gasteiger partial charge on any atom is -0.465 e. The number of carboxylic acid groups (broad SMARTS) is 1. The lowest BCUT2D eigenvalue weighted by Gasteiger charge is -2.34. The molecule has 1 saturated heterocycles. The van der Waals surface area contributed by atoms with E-state index in [2.05, 4.69) is 15.8 Å². The maximum absolute atomic E-state index is 12.5. The Bertz CT molecular complexity index is 722. The van der Waals surface area contributed by atoms with Gasteiger partial charge in [-0.3, -0.25) is 9.59 Å². The van der Waals surface area contributed by atoms with E-state index >= 15 is 0 Å². The van der Waals surface area contributed by atoms with Gasteiger partial charge in [-0.05, 0) is 38.5 Å². The second-order valence-electron chi connectivity index (χ2n) is 7.89. The third-order valence-corrected chi connectivity index (χ3v) is 5.71. The average Bonchev–Trinajstić information content (AvgIpc) is 3.41. The standard InChI is InChI=1S/C19H28N4O5/c1-11(12(2)21-19(26)27)18(25)23-7-5-13(6-8-23)10-20-17(24)15-9-16(28-22-15)14-3-4-14/h9,11-14,21H,3-8,10H2,1-2H3,(H,20,24)(H,26,27). The van der Waals surface area contributed by atoms with Crippen molar-refractivity contribution in [2.45, 2.75) is 51.5 Å². The molecular weight excluding hydrogens is 364 g/mol. The number of hydrogen-bond donors (Lipinski definition) is 3. The first kappa shape index (κ1) is 20.2. The Kier molecular flexibility index (Phi) is 6.21. The maximum Gasteiger partial charge on any atom is 0.404 e. The number of carbonyl (C=O) groups excluding carboxylic acids is 2. The molecule has 3 amide bonds. The zero-order valence-electron chi connectivity index (χ0n) is 16.3. The van der Waals surface area contributed by atoms with Crippen molar-refractivity contribution >= 4 is 17.9 Å². The number of nitrogens with one attached hydrogen (secondary N) is 2. The second-order valence-corrected chi connectivity index (χ2v) is 7.89. The van der Waals surface area contributed by atoms with Gasteiger partial charge >= 0.3 is 6.09 Å². The number of aromatic nitrogens is 1. The molecule has 0 aromatic carbocycles. The lowest BCUT2D eigenvalue weighted by molar-refractivity contribution is -0.137. The zero-order chi connectivity index (χ0) is 20.3. The largest absolute Gasteiger partial charge is 0.465 e. The molecule has 1 aromatic rings. The molecule has 2 atom stereocenters. The van der Waals surface area contributed by atoms with Crippen LogP contribution in [0.4, 0.5) is 4.79 Å². The Morgan fingerprint density at radius 2 is 1.93 bits per heavy atom. The highest BCUT2D eigenvalue weighted by molar-refractivity contribution is 5.92. The fourth-order valence-electron chi connectivity index (χ4n) is 3.46. The molecule has 2 fully saturated rings. The number of rotatable bonds is 7. The van der Waals surface area contributed by atoms with Crippen LogP contribution in [0.2, 0.25) is 0 Å². The molecule has 1 aromatic heterocycles. The molecule has 9 heteroatoms. The Labute approximate surface area is 163 Å². The summed E-state index contributed by atoms with van der Waals surface area (Å²) in [6.07, 6.45) is 2.66. The van der Waals surface area contributed by atoms with Gasteiger partial charge in [0.25, 0.3) is 5.91 Å². The maximum atomic E-state index is 12.5. The van der Waals surface area contributed by atoms with E-state index in [9.17, 15) is 14.4 Å². The van der Waals surface area contributed by atoms with Gasteiger partial charge in [0.1, 0.15) is 5.76 Å². The molecule has 3 rings (SSSR count). The van der Waals surface area contributed by atoms with E-state index in [1.165, 1.54) is 0 Å². The molecule has 1 aliphatic heterocycles. The lowest BCUT2D eigenvalue weighted by atomic mass is 9.94. The van der Waals surface area contributed by atoms with Gasteiger partial charge in [-0.2, -0.15) is 0 Å². The Morgan fingerprint density at radius 1 is 1.25 bits per heavy atom. The quantitative estimate of drug-likeness (QED) is 0.650. The van der Waals surface area contributed by atoms with Gasteiger partial charge in [0.2, 0.25) is 5.91 Å². The number of nitrogens with zero attached hydrogens (tertiary/aromatic N) is 2. The molecule has 2 unspecified atom stereocenters. The predicted octanol–water partition coefficient (Wildman–Crippen LogP) is 1.81. The van der Waals surface area contributed by atoms with E-state index in [-0.39, 0.29) is 11.8 Å². The smallest absolute Gasteiger partial charge is 0.404 e. The van der Waals surface area contributed by atoms with Gasteiger partial charge in [-0.25, -0.2) is 4.79 Å². The Hall–Kier alpha value is -2.58. The predicted molar refractivity (Wildman–Crippen MR) is 99.9 cm³/mol. The third-order valence-electron chi connectivity index (χ3n) is 5.71. The van der Waals surface area contributed by atoms with Crippen LogP contribution in [0.15, 0.2) is 10.6 Å². The average molecular weight is 392 g/mol. The van der Waals surface area contributed by atoms with Crippen LogP contribution < -0.4 is 10.6 Å². The monoisotopic (exact) mass is 392 g/mol. The summed E-state index contributed by atoms with van der Waals surface area (Å²) in [6, 6.07) is 1.28. The van der Waals surface area contributed by atoms with E-state index < -0.39 is 18.1 Å². The van der Waals surface area contributed by atoms with Gasteiger partial charge in [0.15, 0.2) is 5.69 Å². The highest BCUT2D eigenvalue weighted by atomic mass is 16.5. The third kappa shape index (κ3) is 5.02. The first-order chi connectivity index (χ1) is 13.3. The van der Waals surface area contributed by atoms with Crippen LogP contribution in [0.5, 0.6) is 0 Å². The number of piperidine rings is 1. The molecule has 2 aliphatic rings. The van der Waals surface area contributed by atoms with Crippen molar-refractivity contribution < 1.29 is 24.0 Å². The summed E-state index contributed by atoms with van der Waals surface area (Å²) in [5, 5.41) is 17.9. The number of carbonyl (C=O) groups is 3. The minimum atomic E-state index is -1.13. The molecule has 0 bridgehead atoms. The summed E-state index contributed by atoms with van der Waals surface area (Å²) in [5.41, 5.74) is 0.322. The van der Waals surface area contributed by atoms with Crippen LogP contribution in [0.3, 0.4) is 0 Å². The summed E-state index contributed by atoms with van der Waals surface area (Å²) in [7, 11) is 0. The van der Waals surface area contributed by atoms with Crippen LogP contribution in [0.1, 0.15) is 61.7 Å². The molecule has 1 aliphatic carbocycles. The number of likely N-dealkylation sites (tertiary alicyclic amines) is 1. The van der Waals surface area contributed by atoms with E-state index in [1.54, 1.807) is 24.8 Å². The lowest BCUT2D eigenvalue weighted by Crippen LogP contribution is -2.48. The highest BCUT2D eigenvalue weighted by Crippen LogP contribution is 2.40. The van der Waals surface area contributed by atoms with Crippen molar-refractivity contribution in [2.75, 3.05) is 19.6 Å². The van der Waals surface area contributed by atoms with Crippen LogP contribution in [0.25, 0.3) is 0 Å². The van der Waals surface area contributed by atoms with Crippen molar-refractivity contribution in [3.8, 4) is 0 Å². The molecule has 154 valence electrons. The molecule has 0 spiro atoms. The van der Waals surface area contributed by atoms with Crippen molar-refractivity contribution in [1.82, 2.24) is 20.7 Å². The molecule has 0 radical (unpaired) electrons. The normalized spacial score (nSPS) is 19.7. The molecule has 3 N–H and O–H groups in total. The van der Waals surface area contributed by atoms with Gasteiger partial charge in [0.05, 0.1) is 5.92 Å². The van der Waals surface area contributed by atoms with E-state index in [4.69, 9.17) is 9.63 Å². The molecule has 1 saturated carbocycles. The summed E-state index contributed by atoms with van der Waals surface area (Å²) in [5.74, 6) is 0.826. The molecular formula is C19H28N4O5. The van der Waals surface area contributed by atoms with Gasteiger partial charge < -0.3 is 25.2 Å². The van der Waals surface area contributed by atoms with Gasteiger partial charge in [0, 0.05) is 37.7 Å². The number of amides is 3. The number of hydrogen-bond acceptors (Lipinski definition) is 5. The van der Waals surface area contributed by atoms with Crippen molar-refractivity contribution in [2.24, 2.45) is 11.8 Å². The van der Waals surface area contributed by atoms with Gasteiger partial charge in [-0.15, -0.1) is 0 Å². The van der Waals surface area contributed by atoms with Crippen LogP contribution >= 0.6 is 0 Å². The zero-order valence-corrected chi connectivity index (χ0v) is 16.3. The van der Waals surface area contributed by atoms with Crippen LogP contribution in [-0.2, 0) is 4.79 Å². The van der Waals surface area contributed by atoms with E-state index in [0.29, 0.717) is 37.2 Å². The first-order valence-electron chi connectivity index (χ1n) is 9.88.